The van der Waals surface area contributed by atoms with E-state index in [1.165, 1.54) is 4.90 Å². The third-order valence-electron chi connectivity index (χ3n) is 6.36. The molecule has 3 aromatic carbocycles. The number of thioether (sulfide) groups is 1. The van der Waals surface area contributed by atoms with E-state index in [0.717, 1.165) is 39.5 Å². The molecule has 4 aromatic rings. The van der Waals surface area contributed by atoms with E-state index in [1.807, 2.05) is 67.6 Å². The fraction of sp³-hybridized carbons (Fsp3) is 0.172. The third kappa shape index (κ3) is 4.97. The maximum Gasteiger partial charge on any atom is 0.293 e. The minimum Gasteiger partial charge on any atom is -0.493 e. The molecule has 1 aliphatic heterocycles. The number of imide groups is 1. The maximum absolute atomic E-state index is 13.2. The zero-order chi connectivity index (χ0) is 25.9. The molecule has 0 bridgehead atoms. The molecule has 1 fully saturated rings. The number of hydrogen-bond donors (Lipinski definition) is 0. The fourth-order valence-corrected chi connectivity index (χ4v) is 5.49. The Morgan fingerprint density at radius 3 is 2.43 bits per heavy atom. The summed E-state index contributed by atoms with van der Waals surface area (Å²) in [5.41, 5.74) is 3.95. The number of hydrogen-bond acceptors (Lipinski definition) is 5. The second-order valence-corrected chi connectivity index (χ2v) is 9.93. The van der Waals surface area contributed by atoms with Gasteiger partial charge < -0.3 is 14.0 Å². The second kappa shape index (κ2) is 10.7. The number of carbonyl (C=O) groups excluding carboxylic acids is 2. The number of methoxy groups -OCH3 is 1. The summed E-state index contributed by atoms with van der Waals surface area (Å²) in [5.74, 6) is 0.843. The lowest BCUT2D eigenvalue weighted by Gasteiger charge is -2.14. The molecule has 37 heavy (non-hydrogen) atoms. The van der Waals surface area contributed by atoms with Crippen LogP contribution in [0.5, 0.6) is 11.5 Å². The summed E-state index contributed by atoms with van der Waals surface area (Å²) in [6.07, 6.45) is 1.83. The smallest absolute Gasteiger partial charge is 0.293 e. The summed E-state index contributed by atoms with van der Waals surface area (Å²) in [5, 5.41) is 1.41. The number of para-hydroxylation sites is 3. The Morgan fingerprint density at radius 1 is 0.946 bits per heavy atom. The monoisotopic (exact) mass is 532 g/mol. The van der Waals surface area contributed by atoms with Crippen LogP contribution in [0.2, 0.25) is 5.02 Å². The van der Waals surface area contributed by atoms with Crippen LogP contribution in [0.3, 0.4) is 0 Å². The standard InChI is InChI=1S/C29H25ClN2O4S/c1-19-22(21-10-4-6-12-24(21)32(19)18-20-9-3-5-11-23(20)30)17-27-28(33)31(29(34)37-27)15-16-36-26-14-8-7-13-25(26)35-2/h3-14,17H,15-16,18H2,1-2H3/b27-17-. The van der Waals surface area contributed by atoms with Crippen LogP contribution in [0.25, 0.3) is 17.0 Å². The van der Waals surface area contributed by atoms with Crippen LogP contribution in [0.1, 0.15) is 16.8 Å². The summed E-state index contributed by atoms with van der Waals surface area (Å²) in [6, 6.07) is 23.1. The quantitative estimate of drug-likeness (QED) is 0.234. The molecule has 6 nitrogen and oxygen atoms in total. The van der Waals surface area contributed by atoms with Gasteiger partial charge in [0.2, 0.25) is 0 Å². The molecule has 188 valence electrons. The van der Waals surface area contributed by atoms with Gasteiger partial charge in [-0.25, -0.2) is 0 Å². The lowest BCUT2D eigenvalue weighted by molar-refractivity contribution is -0.123. The zero-order valence-corrected chi connectivity index (χ0v) is 22.0. The Morgan fingerprint density at radius 2 is 1.65 bits per heavy atom. The van der Waals surface area contributed by atoms with E-state index in [4.69, 9.17) is 21.1 Å². The number of halogens is 1. The highest BCUT2D eigenvalue weighted by atomic mass is 35.5. The van der Waals surface area contributed by atoms with Crippen molar-refractivity contribution in [1.82, 2.24) is 9.47 Å². The minimum atomic E-state index is -0.319. The SMILES string of the molecule is COc1ccccc1OCCN1C(=O)S/C(=C\c2c(C)n(Cc3ccccc3Cl)c3ccccc23)C1=O. The van der Waals surface area contributed by atoms with Gasteiger partial charge in [-0.1, -0.05) is 60.1 Å². The highest BCUT2D eigenvalue weighted by molar-refractivity contribution is 8.18. The molecular formula is C29H25ClN2O4S. The third-order valence-corrected chi connectivity index (χ3v) is 7.63. The van der Waals surface area contributed by atoms with E-state index in [1.54, 1.807) is 19.2 Å². The van der Waals surface area contributed by atoms with Crippen molar-refractivity contribution >= 4 is 51.5 Å². The molecular weight excluding hydrogens is 508 g/mol. The van der Waals surface area contributed by atoms with Crippen molar-refractivity contribution in [2.24, 2.45) is 0 Å². The van der Waals surface area contributed by atoms with Crippen LogP contribution in [-0.4, -0.2) is 40.9 Å². The molecule has 0 radical (unpaired) electrons. The van der Waals surface area contributed by atoms with Gasteiger partial charge in [0.25, 0.3) is 11.1 Å². The average molecular weight is 533 g/mol. The first-order chi connectivity index (χ1) is 18.0. The number of ether oxygens (including phenoxy) is 2. The van der Waals surface area contributed by atoms with Gasteiger partial charge in [-0.3, -0.25) is 14.5 Å². The van der Waals surface area contributed by atoms with Crippen LogP contribution in [-0.2, 0) is 11.3 Å². The number of rotatable bonds is 8. The zero-order valence-electron chi connectivity index (χ0n) is 20.4. The Balaban J connectivity index is 1.39. The molecule has 5 rings (SSSR count). The summed E-state index contributed by atoms with van der Waals surface area (Å²) in [6.45, 7) is 2.94. The van der Waals surface area contributed by atoms with Gasteiger partial charge in [0, 0.05) is 33.7 Å². The Labute approximate surface area is 224 Å². The number of nitrogens with zero attached hydrogens (tertiary/aromatic N) is 2. The number of carbonyl (C=O) groups is 2. The molecule has 0 aliphatic carbocycles. The number of fused-ring (bicyclic) bond motifs is 1. The summed E-state index contributed by atoms with van der Waals surface area (Å²) < 4.78 is 13.3. The fourth-order valence-electron chi connectivity index (χ4n) is 4.45. The lowest BCUT2D eigenvalue weighted by Crippen LogP contribution is -2.32. The molecule has 0 atom stereocenters. The molecule has 0 N–H and O–H groups in total. The largest absolute Gasteiger partial charge is 0.493 e. The van der Waals surface area contributed by atoms with E-state index in [0.29, 0.717) is 28.0 Å². The first kappa shape index (κ1) is 25.0. The Bertz CT molecular complexity index is 1530. The normalized spacial score (nSPS) is 14.7. The van der Waals surface area contributed by atoms with Crippen LogP contribution in [0.4, 0.5) is 4.79 Å². The van der Waals surface area contributed by atoms with E-state index < -0.39 is 0 Å². The van der Waals surface area contributed by atoms with Gasteiger partial charge in [0.15, 0.2) is 11.5 Å². The van der Waals surface area contributed by atoms with Crippen molar-refractivity contribution in [1.29, 1.82) is 0 Å². The van der Waals surface area contributed by atoms with Crippen molar-refractivity contribution in [3.05, 3.63) is 99.5 Å². The van der Waals surface area contributed by atoms with Gasteiger partial charge >= 0.3 is 0 Å². The van der Waals surface area contributed by atoms with Crippen LogP contribution in [0.15, 0.2) is 77.7 Å². The molecule has 1 aromatic heterocycles. The molecule has 2 amide bonds. The van der Waals surface area contributed by atoms with Gasteiger partial charge in [-0.05, 0) is 54.6 Å². The molecule has 0 spiro atoms. The topological polar surface area (TPSA) is 60.8 Å². The lowest BCUT2D eigenvalue weighted by atomic mass is 10.1. The predicted molar refractivity (Wildman–Crippen MR) is 148 cm³/mol. The Hall–Kier alpha value is -3.68. The summed E-state index contributed by atoms with van der Waals surface area (Å²) in [7, 11) is 1.57. The average Bonchev–Trinajstić information content (AvgIpc) is 3.33. The van der Waals surface area contributed by atoms with Crippen molar-refractivity contribution in [2.45, 2.75) is 13.5 Å². The first-order valence-electron chi connectivity index (χ1n) is 11.8. The van der Waals surface area contributed by atoms with Gasteiger partial charge in [-0.15, -0.1) is 0 Å². The van der Waals surface area contributed by atoms with Crippen LogP contribution >= 0.6 is 23.4 Å². The summed E-state index contributed by atoms with van der Waals surface area (Å²) in [4.78, 5) is 27.5. The molecule has 0 unspecified atom stereocenters. The molecule has 1 aliphatic rings. The molecule has 0 saturated carbocycles. The predicted octanol–water partition coefficient (Wildman–Crippen LogP) is 6.78. The summed E-state index contributed by atoms with van der Waals surface area (Å²) >= 11 is 7.39. The Kier molecular flexibility index (Phi) is 7.26. The van der Waals surface area contributed by atoms with Gasteiger partial charge in [0.05, 0.1) is 18.6 Å². The van der Waals surface area contributed by atoms with Crippen molar-refractivity contribution in [2.75, 3.05) is 20.3 Å². The van der Waals surface area contributed by atoms with Crippen molar-refractivity contribution < 1.29 is 19.1 Å². The number of amides is 2. The number of benzene rings is 3. The highest BCUT2D eigenvalue weighted by Crippen LogP contribution is 2.36. The second-order valence-electron chi connectivity index (χ2n) is 8.53. The van der Waals surface area contributed by atoms with E-state index in [2.05, 4.69) is 10.6 Å². The van der Waals surface area contributed by atoms with Gasteiger partial charge in [0.1, 0.15) is 6.61 Å². The highest BCUT2D eigenvalue weighted by Gasteiger charge is 2.35. The van der Waals surface area contributed by atoms with Crippen molar-refractivity contribution in [3.8, 4) is 11.5 Å². The molecule has 2 heterocycles. The van der Waals surface area contributed by atoms with Crippen LogP contribution < -0.4 is 9.47 Å². The van der Waals surface area contributed by atoms with Crippen molar-refractivity contribution in [3.63, 3.8) is 0 Å². The number of aromatic nitrogens is 1. The maximum atomic E-state index is 13.2. The molecule has 1 saturated heterocycles. The molecule has 8 heteroatoms. The minimum absolute atomic E-state index is 0.146. The van der Waals surface area contributed by atoms with E-state index >= 15 is 0 Å². The van der Waals surface area contributed by atoms with E-state index in [-0.39, 0.29) is 24.3 Å². The first-order valence-corrected chi connectivity index (χ1v) is 13.0. The van der Waals surface area contributed by atoms with E-state index in [9.17, 15) is 9.59 Å². The van der Waals surface area contributed by atoms with Gasteiger partial charge in [-0.2, -0.15) is 0 Å². The van der Waals surface area contributed by atoms with Crippen LogP contribution in [0, 0.1) is 6.92 Å².